The molecule has 24 aromatic carbocycles. The lowest BCUT2D eigenvalue weighted by Gasteiger charge is -2.27. The van der Waals surface area contributed by atoms with Crippen molar-refractivity contribution in [2.75, 3.05) is 0 Å². The molecule has 0 radical (unpaired) electrons. The Morgan fingerprint density at radius 1 is 0.169 bits per heavy atom. The minimum Gasteiger partial charge on any atom is -0.456 e. The van der Waals surface area contributed by atoms with Gasteiger partial charge in [0.15, 0.2) is 0 Å². The minimum absolute atomic E-state index is 0.854. The number of hydrogen-bond acceptors (Lipinski definition) is 4. The van der Waals surface area contributed by atoms with E-state index in [4.69, 9.17) is 8.83 Å². The van der Waals surface area contributed by atoms with Gasteiger partial charge in [-0.3, -0.25) is 0 Å². The highest BCUT2D eigenvalue weighted by molar-refractivity contribution is 7.26. The molecule has 0 bridgehead atoms. The van der Waals surface area contributed by atoms with Crippen LogP contribution in [0.4, 0.5) is 0 Å². The van der Waals surface area contributed by atoms with Gasteiger partial charge in [0.05, 0.1) is 55.5 Å². The summed E-state index contributed by atoms with van der Waals surface area (Å²) in [6.07, 6.45) is 0. The highest BCUT2D eigenvalue weighted by Crippen LogP contribution is 2.55. The van der Waals surface area contributed by atoms with Gasteiger partial charge in [-0.1, -0.05) is 243 Å². The van der Waals surface area contributed by atoms with E-state index in [0.717, 1.165) is 155 Å². The highest BCUT2D eigenvalue weighted by Gasteiger charge is 2.30. The van der Waals surface area contributed by atoms with Gasteiger partial charge in [0.2, 0.25) is 0 Å². The number of hydrogen-bond donors (Lipinski definition) is 0. The molecule has 0 fully saturated rings. The fraction of sp³-hybridized carbons (Fsp3) is 0. The number of aromatic nitrogens is 4. The lowest BCUT2D eigenvalue weighted by molar-refractivity contribution is 0.668. The Labute approximate surface area is 712 Å². The monoisotopic (exact) mass is 1610 g/mol. The lowest BCUT2D eigenvalue weighted by Crippen LogP contribution is -2.10. The second kappa shape index (κ2) is 24.0. The van der Waals surface area contributed by atoms with Crippen molar-refractivity contribution in [3.63, 3.8) is 0 Å². The van der Waals surface area contributed by atoms with Crippen LogP contribution in [0.25, 0.3) is 292 Å². The molecule has 0 amide bonds. The molecule has 570 valence electrons. The Morgan fingerprint density at radius 3 is 0.944 bits per heavy atom. The quantitative estimate of drug-likeness (QED) is 0.123. The van der Waals surface area contributed by atoms with E-state index in [0.29, 0.717) is 0 Å². The first-order chi connectivity index (χ1) is 61.5. The van der Waals surface area contributed by atoms with Crippen LogP contribution >= 0.6 is 22.7 Å². The molecule has 0 unspecified atom stereocenters. The zero-order valence-corrected chi connectivity index (χ0v) is 67.9. The molecule has 0 aliphatic rings. The summed E-state index contributed by atoms with van der Waals surface area (Å²) >= 11 is 3.82. The van der Waals surface area contributed by atoms with E-state index in [9.17, 15) is 0 Å². The van der Waals surface area contributed by atoms with Crippen molar-refractivity contribution >= 4 is 270 Å². The van der Waals surface area contributed by atoms with Gasteiger partial charge < -0.3 is 27.1 Å². The van der Waals surface area contributed by atoms with Gasteiger partial charge in [-0.2, -0.15) is 0 Å². The van der Waals surface area contributed by atoms with Crippen LogP contribution in [0.15, 0.2) is 385 Å². The van der Waals surface area contributed by atoms with E-state index in [1.165, 1.54) is 137 Å². The predicted molar refractivity (Wildman–Crippen MR) is 529 cm³/mol. The van der Waals surface area contributed by atoms with Crippen LogP contribution in [-0.4, -0.2) is 18.3 Å². The van der Waals surface area contributed by atoms with E-state index in [-0.39, 0.29) is 0 Å². The topological polar surface area (TPSA) is 46.0 Å². The Morgan fingerprint density at radius 2 is 0.508 bits per heavy atom. The van der Waals surface area contributed by atoms with Gasteiger partial charge in [-0.25, -0.2) is 0 Å². The Hall–Kier alpha value is -15.8. The van der Waals surface area contributed by atoms with E-state index >= 15 is 0 Å². The first-order valence-corrected chi connectivity index (χ1v) is 44.2. The average Bonchev–Trinajstić information content (AvgIpc) is 0.765. The van der Waals surface area contributed by atoms with Crippen LogP contribution < -0.4 is 0 Å². The standard InChI is InChI=1S/C116H62N4O2S2/c1-3-25-67(26-4-1)117-91-39-9-11-41-93(91)119(99-61-105-89(57-97(99)117)113-81-37-19-35-73-71-31-15-21-63-23-17-33-75(109(63)71)87(111(73)81)59-107(113)123-105)95-55-83(65-45-51-103-85(53-65)69-29-7-13-43-101(69)121-103)77-48-50-80-96(56-84(78-47-49-79(95)115(77)116(78)80)66-46-52-104-86(54-66)70-30-8-14-44-102(70)122-104)120-94-42-12-10-40-92(94)118(68-27-5-2-6-28-68)98-58-90-106(62-100(98)120)124-108-60-88-76-34-18-24-64-22-16-32-72(110(64)76)74-36-20-38-82(112(74)88)114(90)108/h1-62H. The number of para-hydroxylation sites is 8. The minimum atomic E-state index is 0.854. The average molecular weight is 1610 g/mol. The van der Waals surface area contributed by atoms with Crippen molar-refractivity contribution in [1.29, 1.82) is 0 Å². The largest absolute Gasteiger partial charge is 0.456 e. The zero-order chi connectivity index (χ0) is 80.2. The van der Waals surface area contributed by atoms with Crippen molar-refractivity contribution in [3.05, 3.63) is 376 Å². The van der Waals surface area contributed by atoms with Crippen LogP contribution in [0.1, 0.15) is 0 Å². The maximum atomic E-state index is 6.72. The number of nitrogens with zero attached hydrogens (tertiary/aromatic N) is 4. The van der Waals surface area contributed by atoms with Crippen LogP contribution in [0.3, 0.4) is 0 Å². The van der Waals surface area contributed by atoms with Gasteiger partial charge in [0.1, 0.15) is 22.3 Å². The fourth-order valence-corrected chi connectivity index (χ4v) is 25.1. The smallest absolute Gasteiger partial charge is 0.135 e. The van der Waals surface area contributed by atoms with Crippen LogP contribution in [0.5, 0.6) is 0 Å². The molecule has 30 aromatic rings. The van der Waals surface area contributed by atoms with Gasteiger partial charge in [0.25, 0.3) is 0 Å². The third-order valence-electron chi connectivity index (χ3n) is 27.8. The van der Waals surface area contributed by atoms with Crippen molar-refractivity contribution in [3.8, 4) is 45.0 Å². The lowest BCUT2D eigenvalue weighted by atomic mass is 9.85. The Kier molecular flexibility index (Phi) is 12.8. The molecule has 0 atom stereocenters. The molecular formula is C116H62N4O2S2. The zero-order valence-electron chi connectivity index (χ0n) is 66.2. The third-order valence-corrected chi connectivity index (χ3v) is 30.0. The molecule has 0 saturated carbocycles. The molecule has 6 aromatic heterocycles. The molecule has 0 aliphatic heterocycles. The Bertz CT molecular complexity index is 9520. The molecule has 0 aliphatic carbocycles. The maximum absolute atomic E-state index is 6.72. The second-order valence-corrected chi connectivity index (χ2v) is 36.1. The summed E-state index contributed by atoms with van der Waals surface area (Å²) in [5.74, 6) is 0. The summed E-state index contributed by atoms with van der Waals surface area (Å²) in [5, 5.41) is 37.0. The molecule has 30 rings (SSSR count). The molecule has 0 spiro atoms. The van der Waals surface area contributed by atoms with E-state index in [1.54, 1.807) is 0 Å². The van der Waals surface area contributed by atoms with Gasteiger partial charge >= 0.3 is 0 Å². The van der Waals surface area contributed by atoms with Gasteiger partial charge in [-0.05, 0) is 253 Å². The summed E-state index contributed by atoms with van der Waals surface area (Å²) in [4.78, 5) is 0. The summed E-state index contributed by atoms with van der Waals surface area (Å²) in [6, 6.07) is 142. The van der Waals surface area contributed by atoms with E-state index in [2.05, 4.69) is 394 Å². The maximum Gasteiger partial charge on any atom is 0.135 e. The summed E-state index contributed by atoms with van der Waals surface area (Å²) < 4.78 is 28.7. The molecule has 8 heteroatoms. The molecule has 6 nitrogen and oxygen atoms in total. The number of benzene rings is 24. The van der Waals surface area contributed by atoms with Crippen LogP contribution in [0, 0.1) is 0 Å². The Balaban J connectivity index is 0.768. The SMILES string of the molecule is c1ccc(-n2c3ccccc3n(-c3cc(-c4ccc5oc6ccccc6c5c4)c4ccc5c(-n6c7ccccc7n(-c7ccccc7)c7cc8c(cc76)sc6cc7c9cccc%10cccc(c%11cccc(c68)c%117)c%109)cc(-c6ccc7oc8ccccc8c7c6)c6ccc3c4c65)c3cc4sc5cc6c7cccc8cccc(c9cccc(c5c4cc32)c96)c87)cc1. The van der Waals surface area contributed by atoms with Crippen molar-refractivity contribution in [2.24, 2.45) is 0 Å². The normalized spacial score (nSPS) is 12.7. The predicted octanol–water partition coefficient (Wildman–Crippen LogP) is 33.5. The van der Waals surface area contributed by atoms with Crippen molar-refractivity contribution < 1.29 is 8.83 Å². The number of furan rings is 2. The summed E-state index contributed by atoms with van der Waals surface area (Å²) in [5.41, 5.74) is 20.9. The van der Waals surface area contributed by atoms with Crippen molar-refractivity contribution in [1.82, 2.24) is 18.3 Å². The number of rotatable bonds is 6. The first kappa shape index (κ1) is 66.0. The molecule has 0 saturated heterocycles. The van der Waals surface area contributed by atoms with Crippen molar-refractivity contribution in [2.45, 2.75) is 0 Å². The molecule has 124 heavy (non-hydrogen) atoms. The first-order valence-electron chi connectivity index (χ1n) is 42.6. The van der Waals surface area contributed by atoms with Gasteiger partial charge in [0, 0.05) is 94.8 Å². The van der Waals surface area contributed by atoms with Gasteiger partial charge in [-0.15, -0.1) is 22.7 Å². The van der Waals surface area contributed by atoms with Crippen LogP contribution in [0.2, 0.25) is 0 Å². The fourth-order valence-electron chi connectivity index (χ4n) is 22.7. The summed E-state index contributed by atoms with van der Waals surface area (Å²) in [7, 11) is 0. The second-order valence-electron chi connectivity index (χ2n) is 33.9. The number of fused-ring (bicyclic) bond motifs is 22. The third kappa shape index (κ3) is 8.66. The molecule has 0 N–H and O–H groups in total. The number of thiophene rings is 2. The summed E-state index contributed by atoms with van der Waals surface area (Å²) in [6.45, 7) is 0. The highest BCUT2D eigenvalue weighted by atomic mass is 32.1. The molecular weight excluding hydrogens is 1550 g/mol. The van der Waals surface area contributed by atoms with E-state index in [1.807, 2.05) is 22.7 Å². The van der Waals surface area contributed by atoms with Crippen LogP contribution in [-0.2, 0) is 0 Å². The van der Waals surface area contributed by atoms with E-state index < -0.39 is 0 Å². The molecule has 6 heterocycles.